The summed E-state index contributed by atoms with van der Waals surface area (Å²) >= 11 is 0. The fourth-order valence-corrected chi connectivity index (χ4v) is 2.73. The van der Waals surface area contributed by atoms with E-state index in [0.29, 0.717) is 0 Å². The summed E-state index contributed by atoms with van der Waals surface area (Å²) in [6, 6.07) is 10.8. The first kappa shape index (κ1) is 17.3. The van der Waals surface area contributed by atoms with Crippen LogP contribution in [-0.4, -0.2) is 43.7 Å². The Morgan fingerprint density at radius 1 is 1.15 bits per heavy atom. The molecule has 4 heteroatoms. The van der Waals surface area contributed by atoms with Gasteiger partial charge in [0.2, 0.25) is 0 Å². The van der Waals surface area contributed by atoms with Gasteiger partial charge >= 0.3 is 0 Å². The second kappa shape index (κ2) is 10.0. The number of rotatable bonds is 7. The van der Waals surface area contributed by atoms with Gasteiger partial charge < -0.3 is 10.1 Å². The van der Waals surface area contributed by atoms with Gasteiger partial charge in [0.1, 0.15) is 12.4 Å². The van der Waals surface area contributed by atoms with Gasteiger partial charge in [0.15, 0.2) is 0 Å². The lowest BCUT2D eigenvalue weighted by atomic mass is 10.0. The third-order valence-corrected chi connectivity index (χ3v) is 3.73. The molecule has 3 nitrogen and oxygen atoms in total. The zero-order valence-corrected chi connectivity index (χ0v) is 13.2. The van der Waals surface area contributed by atoms with Crippen LogP contribution in [0.1, 0.15) is 26.2 Å². The van der Waals surface area contributed by atoms with Crippen LogP contribution >= 0.6 is 12.4 Å². The average Bonchev–Trinajstić information content (AvgIpc) is 2.48. The zero-order chi connectivity index (χ0) is 13.3. The van der Waals surface area contributed by atoms with Gasteiger partial charge in [-0.3, -0.25) is 4.90 Å². The van der Waals surface area contributed by atoms with Gasteiger partial charge in [-0.05, 0) is 51.0 Å². The smallest absolute Gasteiger partial charge is 0.119 e. The van der Waals surface area contributed by atoms with Crippen molar-refractivity contribution in [2.24, 2.45) is 0 Å². The maximum atomic E-state index is 5.82. The van der Waals surface area contributed by atoms with E-state index in [-0.39, 0.29) is 12.4 Å². The maximum Gasteiger partial charge on any atom is 0.119 e. The summed E-state index contributed by atoms with van der Waals surface area (Å²) < 4.78 is 5.82. The van der Waals surface area contributed by atoms with Crippen molar-refractivity contribution in [1.29, 1.82) is 0 Å². The van der Waals surface area contributed by atoms with E-state index in [9.17, 15) is 0 Å². The van der Waals surface area contributed by atoms with Crippen molar-refractivity contribution in [2.75, 3.05) is 32.8 Å². The molecular weight excluding hydrogens is 272 g/mol. The van der Waals surface area contributed by atoms with Gasteiger partial charge in [-0.25, -0.2) is 0 Å². The summed E-state index contributed by atoms with van der Waals surface area (Å²) in [5.41, 5.74) is 0. The molecule has 114 valence electrons. The number of nitrogens with one attached hydrogen (secondary N) is 1. The van der Waals surface area contributed by atoms with Crippen molar-refractivity contribution in [3.8, 4) is 5.75 Å². The Morgan fingerprint density at radius 2 is 1.85 bits per heavy atom. The second-order valence-electron chi connectivity index (χ2n) is 5.18. The molecule has 0 atom stereocenters. The highest BCUT2D eigenvalue weighted by Gasteiger charge is 2.19. The summed E-state index contributed by atoms with van der Waals surface area (Å²) in [6.45, 7) is 7.57. The van der Waals surface area contributed by atoms with E-state index in [4.69, 9.17) is 4.74 Å². The summed E-state index contributed by atoms with van der Waals surface area (Å²) in [5, 5.41) is 3.44. The molecule has 1 saturated heterocycles. The largest absolute Gasteiger partial charge is 0.492 e. The van der Waals surface area contributed by atoms with Gasteiger partial charge in [-0.1, -0.05) is 25.1 Å². The highest BCUT2D eigenvalue weighted by molar-refractivity contribution is 5.85. The molecule has 0 aliphatic carbocycles. The van der Waals surface area contributed by atoms with Crippen LogP contribution in [-0.2, 0) is 0 Å². The van der Waals surface area contributed by atoms with Gasteiger partial charge in [0, 0.05) is 12.6 Å². The minimum atomic E-state index is 0. The van der Waals surface area contributed by atoms with Crippen molar-refractivity contribution >= 4 is 12.4 Å². The van der Waals surface area contributed by atoms with E-state index in [2.05, 4.69) is 17.1 Å². The highest BCUT2D eigenvalue weighted by Crippen LogP contribution is 2.13. The molecule has 0 amide bonds. The van der Waals surface area contributed by atoms with Crippen LogP contribution in [0.2, 0.25) is 0 Å². The predicted molar refractivity (Wildman–Crippen MR) is 86.9 cm³/mol. The predicted octanol–water partition coefficient (Wildman–Crippen LogP) is 2.95. The summed E-state index contributed by atoms with van der Waals surface area (Å²) in [7, 11) is 0. The first-order valence-electron chi connectivity index (χ1n) is 7.52. The molecule has 1 fully saturated rings. The Balaban J connectivity index is 0.00000200. The van der Waals surface area contributed by atoms with Gasteiger partial charge in [-0.15, -0.1) is 12.4 Å². The Labute approximate surface area is 129 Å². The van der Waals surface area contributed by atoms with Gasteiger partial charge in [-0.2, -0.15) is 0 Å². The number of ether oxygens (including phenoxy) is 1. The van der Waals surface area contributed by atoms with Crippen LogP contribution in [0.15, 0.2) is 30.3 Å². The van der Waals surface area contributed by atoms with Crippen LogP contribution in [0.25, 0.3) is 0 Å². The van der Waals surface area contributed by atoms with E-state index < -0.39 is 0 Å². The summed E-state index contributed by atoms with van der Waals surface area (Å²) in [4.78, 5) is 2.60. The minimum absolute atomic E-state index is 0. The van der Waals surface area contributed by atoms with E-state index in [1.165, 1.54) is 25.8 Å². The quantitative estimate of drug-likeness (QED) is 0.837. The van der Waals surface area contributed by atoms with E-state index >= 15 is 0 Å². The molecule has 0 radical (unpaired) electrons. The Hall–Kier alpha value is -0.770. The van der Waals surface area contributed by atoms with Gasteiger partial charge in [0.05, 0.1) is 0 Å². The highest BCUT2D eigenvalue weighted by atomic mass is 35.5. The van der Waals surface area contributed by atoms with Crippen LogP contribution in [0.4, 0.5) is 0 Å². The second-order valence-corrected chi connectivity index (χ2v) is 5.18. The van der Waals surface area contributed by atoms with E-state index in [1.54, 1.807) is 0 Å². The Morgan fingerprint density at radius 3 is 2.50 bits per heavy atom. The Kier molecular flexibility index (Phi) is 8.67. The standard InChI is InChI=1S/C16H26N2O.ClH/c1-2-12-18(15-8-10-17-11-9-15)13-14-19-16-6-4-3-5-7-16;/h3-7,15,17H,2,8-14H2,1H3;1H. The van der Waals surface area contributed by atoms with Crippen molar-refractivity contribution in [3.63, 3.8) is 0 Å². The fraction of sp³-hybridized carbons (Fsp3) is 0.625. The SMILES string of the molecule is CCCN(CCOc1ccccc1)C1CCNCC1.Cl. The van der Waals surface area contributed by atoms with E-state index in [0.717, 1.165) is 38.0 Å². The number of hydrogen-bond acceptors (Lipinski definition) is 3. The lowest BCUT2D eigenvalue weighted by Gasteiger charge is -2.34. The molecular formula is C16H27ClN2O. The first-order chi connectivity index (χ1) is 9.40. The minimum Gasteiger partial charge on any atom is -0.492 e. The van der Waals surface area contributed by atoms with Crippen LogP contribution in [0.3, 0.4) is 0 Å². The molecule has 1 aliphatic heterocycles. The third-order valence-electron chi connectivity index (χ3n) is 3.73. The molecule has 0 spiro atoms. The molecule has 1 heterocycles. The van der Waals surface area contributed by atoms with Crippen molar-refractivity contribution in [3.05, 3.63) is 30.3 Å². The normalized spacial score (nSPS) is 15.9. The molecule has 20 heavy (non-hydrogen) atoms. The lowest BCUT2D eigenvalue weighted by Crippen LogP contribution is -2.45. The zero-order valence-electron chi connectivity index (χ0n) is 12.4. The van der Waals surface area contributed by atoms with Crippen LogP contribution in [0.5, 0.6) is 5.75 Å². The van der Waals surface area contributed by atoms with Crippen LogP contribution in [0, 0.1) is 0 Å². The molecule has 1 aromatic carbocycles. The topological polar surface area (TPSA) is 24.5 Å². The summed E-state index contributed by atoms with van der Waals surface area (Å²) in [6.07, 6.45) is 3.76. The van der Waals surface area contributed by atoms with E-state index in [1.807, 2.05) is 30.3 Å². The monoisotopic (exact) mass is 298 g/mol. The van der Waals surface area contributed by atoms with Crippen LogP contribution < -0.4 is 10.1 Å². The summed E-state index contributed by atoms with van der Waals surface area (Å²) in [5.74, 6) is 0.976. The number of para-hydroxylation sites is 1. The number of hydrogen-bond donors (Lipinski definition) is 1. The van der Waals surface area contributed by atoms with Gasteiger partial charge in [0.25, 0.3) is 0 Å². The molecule has 0 aromatic heterocycles. The lowest BCUT2D eigenvalue weighted by molar-refractivity contribution is 0.135. The molecule has 1 aliphatic rings. The average molecular weight is 299 g/mol. The fourth-order valence-electron chi connectivity index (χ4n) is 2.73. The number of benzene rings is 1. The first-order valence-corrected chi connectivity index (χ1v) is 7.52. The van der Waals surface area contributed by atoms with Crippen molar-refractivity contribution < 1.29 is 4.74 Å². The molecule has 2 rings (SSSR count). The third kappa shape index (κ3) is 5.70. The molecule has 0 bridgehead atoms. The Bertz CT molecular complexity index is 342. The molecule has 0 saturated carbocycles. The van der Waals surface area contributed by atoms with Crippen molar-refractivity contribution in [1.82, 2.24) is 10.2 Å². The molecule has 1 N–H and O–H groups in total. The molecule has 1 aromatic rings. The maximum absolute atomic E-state index is 5.82. The molecule has 0 unspecified atom stereocenters. The number of piperidine rings is 1. The number of nitrogens with zero attached hydrogens (tertiary/aromatic N) is 1. The van der Waals surface area contributed by atoms with Crippen molar-refractivity contribution in [2.45, 2.75) is 32.2 Å². The number of halogens is 1.